The van der Waals surface area contributed by atoms with Crippen molar-refractivity contribution in [2.45, 2.75) is 0 Å². The zero-order valence-corrected chi connectivity index (χ0v) is 16.9. The van der Waals surface area contributed by atoms with Crippen molar-refractivity contribution in [1.82, 2.24) is 24.8 Å². The van der Waals surface area contributed by atoms with Crippen molar-refractivity contribution in [2.75, 3.05) is 27.2 Å². The molecular formula is C23H23N5O2. The molecule has 4 aromatic rings. The van der Waals surface area contributed by atoms with Gasteiger partial charge in [0, 0.05) is 36.1 Å². The van der Waals surface area contributed by atoms with E-state index in [4.69, 9.17) is 0 Å². The first-order chi connectivity index (χ1) is 14.5. The summed E-state index contributed by atoms with van der Waals surface area (Å²) < 4.78 is 1.83. The lowest BCUT2D eigenvalue weighted by atomic mass is 10.0. The van der Waals surface area contributed by atoms with Crippen LogP contribution in [-0.2, 0) is 0 Å². The summed E-state index contributed by atoms with van der Waals surface area (Å²) in [6.45, 7) is 1.34. The van der Waals surface area contributed by atoms with Crippen LogP contribution in [0.1, 0.15) is 10.4 Å². The third-order valence-electron chi connectivity index (χ3n) is 4.90. The fourth-order valence-electron chi connectivity index (χ4n) is 3.39. The molecular weight excluding hydrogens is 378 g/mol. The molecule has 0 bridgehead atoms. The number of aromatic nitrogens is 3. The summed E-state index contributed by atoms with van der Waals surface area (Å²) in [6, 6.07) is 17.0. The number of fused-ring (bicyclic) bond motifs is 1. The first kappa shape index (κ1) is 19.6. The molecule has 2 aromatic carbocycles. The highest BCUT2D eigenvalue weighted by Gasteiger charge is 2.16. The molecule has 0 saturated heterocycles. The second kappa shape index (κ2) is 8.34. The van der Waals surface area contributed by atoms with Crippen LogP contribution in [0, 0.1) is 0 Å². The number of nitrogens with zero attached hydrogens (tertiary/aromatic N) is 3. The van der Waals surface area contributed by atoms with E-state index in [2.05, 4.69) is 15.3 Å². The molecule has 2 aromatic heterocycles. The zero-order chi connectivity index (χ0) is 21.1. The van der Waals surface area contributed by atoms with Crippen molar-refractivity contribution in [1.29, 1.82) is 0 Å². The van der Waals surface area contributed by atoms with E-state index < -0.39 is 0 Å². The summed E-state index contributed by atoms with van der Waals surface area (Å²) in [5.74, 6) is -0.128. The lowest BCUT2D eigenvalue weighted by Crippen LogP contribution is -2.31. The molecule has 0 aliphatic rings. The van der Waals surface area contributed by atoms with Gasteiger partial charge < -0.3 is 19.8 Å². The Labute approximate surface area is 174 Å². The molecule has 2 N–H and O–H groups in total. The SMILES string of the molecule is CN(C)CCNC(=O)c1cccc(-c2cn(-c3ccccc3)c3c(=O)[nH]cnc23)c1. The molecule has 4 rings (SSSR count). The number of para-hydroxylation sites is 1. The van der Waals surface area contributed by atoms with Gasteiger partial charge in [0.15, 0.2) is 0 Å². The van der Waals surface area contributed by atoms with Gasteiger partial charge in [-0.25, -0.2) is 4.98 Å². The quantitative estimate of drug-likeness (QED) is 0.520. The predicted octanol–water partition coefficient (Wildman–Crippen LogP) is 2.67. The highest BCUT2D eigenvalue weighted by molar-refractivity contribution is 5.98. The topological polar surface area (TPSA) is 83.0 Å². The van der Waals surface area contributed by atoms with Gasteiger partial charge in [0.2, 0.25) is 0 Å². The lowest BCUT2D eigenvalue weighted by Gasteiger charge is -2.11. The van der Waals surface area contributed by atoms with Crippen LogP contribution in [0.3, 0.4) is 0 Å². The van der Waals surface area contributed by atoms with Crippen molar-refractivity contribution in [3.05, 3.63) is 83.0 Å². The molecule has 0 spiro atoms. The zero-order valence-electron chi connectivity index (χ0n) is 16.9. The van der Waals surface area contributed by atoms with Gasteiger partial charge >= 0.3 is 0 Å². The number of carbonyl (C=O) groups is 1. The maximum Gasteiger partial charge on any atom is 0.275 e. The second-order valence-electron chi connectivity index (χ2n) is 7.32. The number of likely N-dealkylation sites (N-methyl/N-ethyl adjacent to an activating group) is 1. The maximum atomic E-state index is 12.6. The van der Waals surface area contributed by atoms with Crippen molar-refractivity contribution in [2.24, 2.45) is 0 Å². The largest absolute Gasteiger partial charge is 0.351 e. The molecule has 0 unspecified atom stereocenters. The van der Waals surface area contributed by atoms with Gasteiger partial charge in [-0.2, -0.15) is 0 Å². The summed E-state index contributed by atoms with van der Waals surface area (Å²) in [7, 11) is 3.92. The molecule has 152 valence electrons. The van der Waals surface area contributed by atoms with Crippen LogP contribution in [0.25, 0.3) is 27.8 Å². The molecule has 0 aliphatic carbocycles. The summed E-state index contributed by atoms with van der Waals surface area (Å²) >= 11 is 0. The summed E-state index contributed by atoms with van der Waals surface area (Å²) in [6.07, 6.45) is 3.30. The van der Waals surface area contributed by atoms with E-state index in [1.54, 1.807) is 6.07 Å². The van der Waals surface area contributed by atoms with Crippen LogP contribution < -0.4 is 10.9 Å². The highest BCUT2D eigenvalue weighted by Crippen LogP contribution is 2.30. The molecule has 0 atom stereocenters. The Bertz CT molecular complexity index is 1240. The first-order valence-corrected chi connectivity index (χ1v) is 9.72. The van der Waals surface area contributed by atoms with Crippen molar-refractivity contribution < 1.29 is 4.79 Å². The normalized spacial score (nSPS) is 11.2. The fourth-order valence-corrected chi connectivity index (χ4v) is 3.39. The van der Waals surface area contributed by atoms with Gasteiger partial charge in [0.05, 0.1) is 6.33 Å². The molecule has 0 aliphatic heterocycles. The Hall–Kier alpha value is -3.71. The van der Waals surface area contributed by atoms with Gasteiger partial charge in [-0.3, -0.25) is 9.59 Å². The molecule has 30 heavy (non-hydrogen) atoms. The smallest absolute Gasteiger partial charge is 0.275 e. The number of carbonyl (C=O) groups excluding carboxylic acids is 1. The molecule has 1 amide bonds. The Kier molecular flexibility index (Phi) is 5.45. The summed E-state index contributed by atoms with van der Waals surface area (Å²) in [5, 5.41) is 2.93. The van der Waals surface area contributed by atoms with Crippen molar-refractivity contribution >= 4 is 16.9 Å². The van der Waals surface area contributed by atoms with Gasteiger partial charge in [-0.15, -0.1) is 0 Å². The average Bonchev–Trinajstić information content (AvgIpc) is 3.15. The minimum atomic E-state index is -0.215. The number of nitrogens with one attached hydrogen (secondary N) is 2. The predicted molar refractivity (Wildman–Crippen MR) is 118 cm³/mol. The van der Waals surface area contributed by atoms with E-state index in [1.165, 1.54) is 6.33 Å². The lowest BCUT2D eigenvalue weighted by molar-refractivity contribution is 0.0951. The number of amides is 1. The van der Waals surface area contributed by atoms with Crippen LogP contribution in [0.4, 0.5) is 0 Å². The monoisotopic (exact) mass is 401 g/mol. The first-order valence-electron chi connectivity index (χ1n) is 9.72. The van der Waals surface area contributed by atoms with Crippen LogP contribution in [0.15, 0.2) is 71.9 Å². The minimum Gasteiger partial charge on any atom is -0.351 e. The number of benzene rings is 2. The molecule has 0 radical (unpaired) electrons. The van der Waals surface area contributed by atoms with Crippen LogP contribution in [-0.4, -0.2) is 52.5 Å². The molecule has 0 saturated carbocycles. The summed E-state index contributed by atoms with van der Waals surface area (Å²) in [5.41, 5.74) is 3.90. The van der Waals surface area contributed by atoms with E-state index >= 15 is 0 Å². The van der Waals surface area contributed by atoms with E-state index in [9.17, 15) is 9.59 Å². The number of hydrogen-bond donors (Lipinski definition) is 2. The fraction of sp³-hybridized carbons (Fsp3) is 0.174. The van der Waals surface area contributed by atoms with Gasteiger partial charge in [0.25, 0.3) is 11.5 Å². The third-order valence-corrected chi connectivity index (χ3v) is 4.90. The number of rotatable bonds is 6. The van der Waals surface area contributed by atoms with Crippen LogP contribution >= 0.6 is 0 Å². The minimum absolute atomic E-state index is 0.128. The number of hydrogen-bond acceptors (Lipinski definition) is 4. The van der Waals surface area contributed by atoms with Crippen molar-refractivity contribution in [3.8, 4) is 16.8 Å². The number of H-pyrrole nitrogens is 1. The van der Waals surface area contributed by atoms with Gasteiger partial charge in [0.1, 0.15) is 11.0 Å². The van der Waals surface area contributed by atoms with Crippen LogP contribution in [0.5, 0.6) is 0 Å². The van der Waals surface area contributed by atoms with Gasteiger partial charge in [-0.05, 0) is 43.9 Å². The number of aromatic amines is 1. The maximum absolute atomic E-state index is 12.6. The van der Waals surface area contributed by atoms with E-state index in [-0.39, 0.29) is 11.5 Å². The van der Waals surface area contributed by atoms with E-state index in [0.717, 1.165) is 23.4 Å². The molecule has 2 heterocycles. The Morgan fingerprint density at radius 2 is 1.93 bits per heavy atom. The second-order valence-corrected chi connectivity index (χ2v) is 7.32. The Morgan fingerprint density at radius 1 is 1.13 bits per heavy atom. The highest BCUT2D eigenvalue weighted by atomic mass is 16.1. The molecule has 7 heteroatoms. The van der Waals surface area contributed by atoms with Crippen LogP contribution in [0.2, 0.25) is 0 Å². The molecule has 7 nitrogen and oxygen atoms in total. The van der Waals surface area contributed by atoms with Crippen molar-refractivity contribution in [3.63, 3.8) is 0 Å². The standard InChI is InChI=1S/C23H23N5O2/c1-27(2)12-11-24-22(29)17-8-6-7-16(13-17)19-14-28(18-9-4-3-5-10-18)21-20(19)25-15-26-23(21)30/h3-10,13-15H,11-12H2,1-2H3,(H,24,29)(H,25,26,30). The van der Waals surface area contributed by atoms with Gasteiger partial charge in [-0.1, -0.05) is 30.3 Å². The summed E-state index contributed by atoms with van der Waals surface area (Å²) in [4.78, 5) is 34.2. The molecule has 0 fully saturated rings. The van der Waals surface area contributed by atoms with E-state index in [1.807, 2.05) is 78.3 Å². The Morgan fingerprint density at radius 3 is 2.70 bits per heavy atom. The average molecular weight is 401 g/mol. The van der Waals surface area contributed by atoms with E-state index in [0.29, 0.717) is 23.1 Å². The third kappa shape index (κ3) is 3.88. The Balaban J connectivity index is 1.77.